The standard InChI is InChI=1S/C26H16N2O/c1-2-9-18(10-3-1)25-26(28-22-13-7-6-12-21(22)27-25)24-16-20-19-11-5-4-8-17(19)14-15-23(20)29-24/h1-16H. The predicted octanol–water partition coefficient (Wildman–Crippen LogP) is 6.86. The fourth-order valence-electron chi connectivity index (χ4n) is 3.88. The van der Waals surface area contributed by atoms with Crippen molar-refractivity contribution in [3.63, 3.8) is 0 Å². The molecule has 0 radical (unpaired) electrons. The van der Waals surface area contributed by atoms with Crippen LogP contribution in [-0.2, 0) is 0 Å². The molecule has 0 atom stereocenters. The van der Waals surface area contributed by atoms with Gasteiger partial charge >= 0.3 is 0 Å². The Bertz CT molecular complexity index is 1500. The average Bonchev–Trinajstić information content (AvgIpc) is 3.24. The average molecular weight is 372 g/mol. The first-order valence-electron chi connectivity index (χ1n) is 9.61. The summed E-state index contributed by atoms with van der Waals surface area (Å²) in [5.74, 6) is 0.730. The molecule has 0 N–H and O–H groups in total. The van der Waals surface area contributed by atoms with E-state index in [0.29, 0.717) is 0 Å². The van der Waals surface area contributed by atoms with Crippen LogP contribution in [0.5, 0.6) is 0 Å². The van der Waals surface area contributed by atoms with Gasteiger partial charge in [0, 0.05) is 10.9 Å². The van der Waals surface area contributed by atoms with Crippen LogP contribution in [0, 0.1) is 0 Å². The van der Waals surface area contributed by atoms with E-state index in [2.05, 4.69) is 48.5 Å². The van der Waals surface area contributed by atoms with Crippen LogP contribution in [0.15, 0.2) is 101 Å². The number of furan rings is 1. The Kier molecular flexibility index (Phi) is 3.47. The number of aromatic nitrogens is 2. The molecule has 29 heavy (non-hydrogen) atoms. The Hall–Kier alpha value is -3.98. The maximum Gasteiger partial charge on any atom is 0.156 e. The summed E-state index contributed by atoms with van der Waals surface area (Å²) in [4.78, 5) is 9.87. The SMILES string of the molecule is c1ccc(-c2nc3ccccc3nc2-c2cc3c(ccc4ccccc43)o2)cc1. The first-order chi connectivity index (χ1) is 14.4. The maximum absolute atomic E-state index is 6.27. The lowest BCUT2D eigenvalue weighted by Gasteiger charge is -2.08. The summed E-state index contributed by atoms with van der Waals surface area (Å²) in [7, 11) is 0. The molecule has 0 aliphatic heterocycles. The third-order valence-corrected chi connectivity index (χ3v) is 5.28. The van der Waals surface area contributed by atoms with Crippen LogP contribution < -0.4 is 0 Å². The molecule has 0 amide bonds. The number of nitrogens with zero attached hydrogens (tertiary/aromatic N) is 2. The molecule has 2 heterocycles. The molecular formula is C26H16N2O. The number of hydrogen-bond acceptors (Lipinski definition) is 3. The summed E-state index contributed by atoms with van der Waals surface area (Å²) in [5, 5.41) is 3.46. The van der Waals surface area contributed by atoms with Crippen LogP contribution in [0.25, 0.3) is 55.5 Å². The minimum absolute atomic E-state index is 0.730. The number of benzene rings is 4. The van der Waals surface area contributed by atoms with Crippen molar-refractivity contribution in [1.82, 2.24) is 9.97 Å². The minimum Gasteiger partial charge on any atom is -0.454 e. The zero-order valence-electron chi connectivity index (χ0n) is 15.5. The predicted molar refractivity (Wildman–Crippen MR) is 118 cm³/mol. The summed E-state index contributed by atoms with van der Waals surface area (Å²) in [6, 6.07) is 32.6. The first-order valence-corrected chi connectivity index (χ1v) is 9.61. The van der Waals surface area contributed by atoms with Crippen LogP contribution in [0.4, 0.5) is 0 Å². The molecule has 0 aliphatic rings. The molecule has 0 saturated carbocycles. The highest BCUT2D eigenvalue weighted by atomic mass is 16.3. The van der Waals surface area contributed by atoms with Gasteiger partial charge in [-0.2, -0.15) is 0 Å². The smallest absolute Gasteiger partial charge is 0.156 e. The zero-order valence-corrected chi connectivity index (χ0v) is 15.5. The fourth-order valence-corrected chi connectivity index (χ4v) is 3.88. The van der Waals surface area contributed by atoms with Gasteiger partial charge in [-0.15, -0.1) is 0 Å². The highest BCUT2D eigenvalue weighted by molar-refractivity contribution is 6.07. The van der Waals surface area contributed by atoms with Crippen LogP contribution in [0.1, 0.15) is 0 Å². The molecule has 0 unspecified atom stereocenters. The molecule has 4 aromatic carbocycles. The summed E-state index contributed by atoms with van der Waals surface area (Å²) in [6.45, 7) is 0. The van der Waals surface area contributed by atoms with E-state index in [0.717, 1.165) is 44.7 Å². The van der Waals surface area contributed by atoms with Gasteiger partial charge in [-0.05, 0) is 35.0 Å². The Morgan fingerprint density at radius 1 is 0.552 bits per heavy atom. The first kappa shape index (κ1) is 16.0. The van der Waals surface area contributed by atoms with Gasteiger partial charge < -0.3 is 4.42 Å². The van der Waals surface area contributed by atoms with Gasteiger partial charge in [0.15, 0.2) is 5.76 Å². The van der Waals surface area contributed by atoms with Gasteiger partial charge in [-0.1, -0.05) is 72.8 Å². The van der Waals surface area contributed by atoms with Crippen molar-refractivity contribution < 1.29 is 4.42 Å². The van der Waals surface area contributed by atoms with Crippen molar-refractivity contribution in [3.8, 4) is 22.7 Å². The number of fused-ring (bicyclic) bond motifs is 4. The molecule has 6 rings (SSSR count). The number of hydrogen-bond donors (Lipinski definition) is 0. The van der Waals surface area contributed by atoms with Gasteiger partial charge in [0.1, 0.15) is 17.0 Å². The van der Waals surface area contributed by atoms with Gasteiger partial charge in [0.2, 0.25) is 0 Å². The summed E-state index contributed by atoms with van der Waals surface area (Å²) in [6.07, 6.45) is 0. The van der Waals surface area contributed by atoms with Crippen molar-refractivity contribution in [3.05, 3.63) is 97.1 Å². The lowest BCUT2D eigenvalue weighted by molar-refractivity contribution is 0.629. The molecule has 136 valence electrons. The van der Waals surface area contributed by atoms with E-state index in [1.807, 2.05) is 48.5 Å². The molecule has 0 spiro atoms. The Labute approximate surface area is 167 Å². The van der Waals surface area contributed by atoms with E-state index in [-0.39, 0.29) is 0 Å². The number of para-hydroxylation sites is 2. The minimum atomic E-state index is 0.730. The maximum atomic E-state index is 6.27. The van der Waals surface area contributed by atoms with Crippen LogP contribution in [-0.4, -0.2) is 9.97 Å². The quantitative estimate of drug-likeness (QED) is 0.333. The van der Waals surface area contributed by atoms with Gasteiger partial charge in [-0.25, -0.2) is 9.97 Å². The fraction of sp³-hybridized carbons (Fsp3) is 0. The molecule has 3 nitrogen and oxygen atoms in total. The molecule has 2 aromatic heterocycles. The van der Waals surface area contributed by atoms with Crippen molar-refractivity contribution in [1.29, 1.82) is 0 Å². The van der Waals surface area contributed by atoms with E-state index >= 15 is 0 Å². The van der Waals surface area contributed by atoms with Crippen molar-refractivity contribution in [2.45, 2.75) is 0 Å². The third-order valence-electron chi connectivity index (χ3n) is 5.28. The molecule has 0 aliphatic carbocycles. The van der Waals surface area contributed by atoms with E-state index < -0.39 is 0 Å². The molecule has 3 heteroatoms. The Morgan fingerprint density at radius 2 is 1.24 bits per heavy atom. The molecule has 6 aromatic rings. The molecule has 0 saturated heterocycles. The highest BCUT2D eigenvalue weighted by Crippen LogP contribution is 2.36. The van der Waals surface area contributed by atoms with Crippen molar-refractivity contribution in [2.75, 3.05) is 0 Å². The third kappa shape index (κ3) is 2.59. The lowest BCUT2D eigenvalue weighted by atomic mass is 10.1. The van der Waals surface area contributed by atoms with Crippen LogP contribution >= 0.6 is 0 Å². The van der Waals surface area contributed by atoms with Crippen LogP contribution in [0.2, 0.25) is 0 Å². The Morgan fingerprint density at radius 3 is 2.07 bits per heavy atom. The second kappa shape index (κ2) is 6.28. The summed E-state index contributed by atoms with van der Waals surface area (Å²) >= 11 is 0. The topological polar surface area (TPSA) is 38.9 Å². The van der Waals surface area contributed by atoms with Gasteiger partial charge in [-0.3, -0.25) is 0 Å². The molecule has 0 bridgehead atoms. The van der Waals surface area contributed by atoms with E-state index in [9.17, 15) is 0 Å². The van der Waals surface area contributed by atoms with Crippen molar-refractivity contribution in [2.24, 2.45) is 0 Å². The molecule has 0 fully saturated rings. The molecular weight excluding hydrogens is 356 g/mol. The van der Waals surface area contributed by atoms with Gasteiger partial charge in [0.05, 0.1) is 11.0 Å². The van der Waals surface area contributed by atoms with Gasteiger partial charge in [0.25, 0.3) is 0 Å². The van der Waals surface area contributed by atoms with Crippen molar-refractivity contribution >= 4 is 32.8 Å². The second-order valence-electron chi connectivity index (χ2n) is 7.08. The van der Waals surface area contributed by atoms with Crippen LogP contribution in [0.3, 0.4) is 0 Å². The number of rotatable bonds is 2. The normalized spacial score (nSPS) is 11.4. The zero-order chi connectivity index (χ0) is 19.2. The van der Waals surface area contributed by atoms with E-state index in [4.69, 9.17) is 14.4 Å². The highest BCUT2D eigenvalue weighted by Gasteiger charge is 2.17. The summed E-state index contributed by atoms with van der Waals surface area (Å²) < 4.78 is 6.27. The van der Waals surface area contributed by atoms with E-state index in [1.165, 1.54) is 10.8 Å². The largest absolute Gasteiger partial charge is 0.454 e. The summed E-state index contributed by atoms with van der Waals surface area (Å²) in [5.41, 5.74) is 5.19. The monoisotopic (exact) mass is 372 g/mol. The Balaban J connectivity index is 1.67. The second-order valence-corrected chi connectivity index (χ2v) is 7.08. The lowest BCUT2D eigenvalue weighted by Crippen LogP contribution is -1.94. The van der Waals surface area contributed by atoms with E-state index in [1.54, 1.807) is 0 Å².